The summed E-state index contributed by atoms with van der Waals surface area (Å²) in [4.78, 5) is 23.4. The predicted molar refractivity (Wildman–Crippen MR) is 111 cm³/mol. The first-order chi connectivity index (χ1) is 13.3. The second-order valence-electron chi connectivity index (χ2n) is 6.63. The number of amides is 1. The van der Waals surface area contributed by atoms with Crippen LogP contribution in [0.1, 0.15) is 19.3 Å². The lowest BCUT2D eigenvalue weighted by molar-refractivity contribution is -0.113. The van der Waals surface area contributed by atoms with Crippen molar-refractivity contribution in [1.82, 2.24) is 9.97 Å². The Balaban J connectivity index is 1.39. The summed E-state index contributed by atoms with van der Waals surface area (Å²) in [5.41, 5.74) is 0.843. The molecule has 3 aromatic rings. The Hall–Kier alpha value is -2.60. The molecule has 0 atom stereocenters. The molecule has 1 aliphatic heterocycles. The molecule has 1 amide bonds. The molecule has 0 radical (unpaired) electrons. The van der Waals surface area contributed by atoms with Crippen LogP contribution in [0.15, 0.2) is 59.9 Å². The summed E-state index contributed by atoms with van der Waals surface area (Å²) < 4.78 is 0. The fraction of sp³-hybridized carbons (Fsp3) is 0.286. The summed E-state index contributed by atoms with van der Waals surface area (Å²) in [5.74, 6) is 1.25. The number of anilines is 2. The van der Waals surface area contributed by atoms with Gasteiger partial charge in [-0.25, -0.2) is 9.97 Å². The van der Waals surface area contributed by atoms with Crippen LogP contribution < -0.4 is 10.2 Å². The summed E-state index contributed by atoms with van der Waals surface area (Å²) >= 11 is 1.44. The van der Waals surface area contributed by atoms with E-state index in [0.717, 1.165) is 40.4 Å². The van der Waals surface area contributed by atoms with Crippen molar-refractivity contribution in [3.05, 3.63) is 54.9 Å². The monoisotopic (exact) mass is 378 g/mol. The summed E-state index contributed by atoms with van der Waals surface area (Å²) in [6.07, 6.45) is 5.30. The van der Waals surface area contributed by atoms with Gasteiger partial charge in [0.1, 0.15) is 17.2 Å². The topological polar surface area (TPSA) is 58.1 Å². The van der Waals surface area contributed by atoms with Gasteiger partial charge in [0.2, 0.25) is 5.91 Å². The number of piperidine rings is 1. The standard InChI is InChI=1S/C21H22N4OS/c26-20(24-18-10-6-8-16-7-2-3-9-17(16)18)14-27-21-13-19(22-15-23-21)25-11-4-1-5-12-25/h2-3,6-10,13,15H,1,4-5,11-12,14H2,(H,24,26). The lowest BCUT2D eigenvalue weighted by Gasteiger charge is -2.27. The zero-order chi connectivity index (χ0) is 18.5. The van der Waals surface area contributed by atoms with Crippen molar-refractivity contribution in [3.63, 3.8) is 0 Å². The molecule has 1 saturated heterocycles. The normalized spacial score (nSPS) is 14.3. The average molecular weight is 379 g/mol. The number of hydrogen-bond acceptors (Lipinski definition) is 5. The second kappa shape index (κ2) is 8.39. The maximum Gasteiger partial charge on any atom is 0.234 e. The average Bonchev–Trinajstić information content (AvgIpc) is 2.73. The maximum absolute atomic E-state index is 12.4. The lowest BCUT2D eigenvalue weighted by atomic mass is 10.1. The van der Waals surface area contributed by atoms with E-state index >= 15 is 0 Å². The van der Waals surface area contributed by atoms with Crippen molar-refractivity contribution in [2.45, 2.75) is 24.3 Å². The summed E-state index contributed by atoms with van der Waals surface area (Å²) in [7, 11) is 0. The van der Waals surface area contributed by atoms with Crippen LogP contribution in [0.4, 0.5) is 11.5 Å². The second-order valence-corrected chi connectivity index (χ2v) is 7.62. The SMILES string of the molecule is O=C(CSc1cc(N2CCCCC2)ncn1)Nc1cccc2ccccc12. The van der Waals surface area contributed by atoms with Crippen LogP contribution in [0.25, 0.3) is 10.8 Å². The summed E-state index contributed by atoms with van der Waals surface area (Å²) in [6, 6.07) is 16.0. The largest absolute Gasteiger partial charge is 0.356 e. The highest BCUT2D eigenvalue weighted by Crippen LogP contribution is 2.25. The molecule has 1 fully saturated rings. The zero-order valence-electron chi connectivity index (χ0n) is 15.1. The van der Waals surface area contributed by atoms with Crippen LogP contribution in [-0.4, -0.2) is 34.7 Å². The number of rotatable bonds is 5. The van der Waals surface area contributed by atoms with Gasteiger partial charge in [-0.2, -0.15) is 0 Å². The molecule has 27 heavy (non-hydrogen) atoms. The number of benzene rings is 2. The fourth-order valence-electron chi connectivity index (χ4n) is 3.36. The van der Waals surface area contributed by atoms with E-state index in [-0.39, 0.29) is 5.91 Å². The molecular formula is C21H22N4OS. The molecule has 2 heterocycles. The van der Waals surface area contributed by atoms with Gasteiger partial charge in [-0.15, -0.1) is 0 Å². The number of aromatic nitrogens is 2. The molecule has 138 valence electrons. The van der Waals surface area contributed by atoms with Gasteiger partial charge in [-0.05, 0) is 30.7 Å². The third-order valence-corrected chi connectivity index (χ3v) is 5.65. The van der Waals surface area contributed by atoms with Crippen LogP contribution in [0.5, 0.6) is 0 Å². The molecular weight excluding hydrogens is 356 g/mol. The van der Waals surface area contributed by atoms with E-state index in [1.165, 1.54) is 31.0 Å². The minimum Gasteiger partial charge on any atom is -0.356 e. The van der Waals surface area contributed by atoms with Crippen LogP contribution >= 0.6 is 11.8 Å². The molecule has 1 N–H and O–H groups in total. The van der Waals surface area contributed by atoms with Crippen LogP contribution in [0, 0.1) is 0 Å². The maximum atomic E-state index is 12.4. The number of carbonyl (C=O) groups excluding carboxylic acids is 1. The van der Waals surface area contributed by atoms with E-state index in [0.29, 0.717) is 5.75 Å². The molecule has 0 saturated carbocycles. The Morgan fingerprint density at radius 3 is 2.74 bits per heavy atom. The van der Waals surface area contributed by atoms with Crippen molar-refractivity contribution >= 4 is 39.9 Å². The molecule has 0 spiro atoms. The number of hydrogen-bond donors (Lipinski definition) is 1. The molecule has 0 aliphatic carbocycles. The Morgan fingerprint density at radius 2 is 1.85 bits per heavy atom. The van der Waals surface area contributed by atoms with E-state index in [4.69, 9.17) is 0 Å². The van der Waals surface area contributed by atoms with E-state index < -0.39 is 0 Å². The van der Waals surface area contributed by atoms with E-state index in [9.17, 15) is 4.79 Å². The zero-order valence-corrected chi connectivity index (χ0v) is 15.9. The van der Waals surface area contributed by atoms with Gasteiger partial charge in [0.15, 0.2) is 0 Å². The molecule has 0 unspecified atom stereocenters. The smallest absolute Gasteiger partial charge is 0.234 e. The summed E-state index contributed by atoms with van der Waals surface area (Å²) in [6.45, 7) is 2.09. The summed E-state index contributed by atoms with van der Waals surface area (Å²) in [5, 5.41) is 6.02. The Bertz CT molecular complexity index is 935. The fourth-order valence-corrected chi connectivity index (χ4v) is 4.03. The molecule has 2 aromatic carbocycles. The molecule has 1 aliphatic rings. The van der Waals surface area contributed by atoms with E-state index in [1.807, 2.05) is 48.5 Å². The first kappa shape index (κ1) is 17.8. The number of carbonyl (C=O) groups is 1. The molecule has 6 heteroatoms. The van der Waals surface area contributed by atoms with Crippen molar-refractivity contribution in [1.29, 1.82) is 0 Å². The van der Waals surface area contributed by atoms with Gasteiger partial charge in [0.05, 0.1) is 5.75 Å². The number of thioether (sulfide) groups is 1. The van der Waals surface area contributed by atoms with Gasteiger partial charge in [0.25, 0.3) is 0 Å². The van der Waals surface area contributed by atoms with Crippen molar-refractivity contribution in [3.8, 4) is 0 Å². The highest BCUT2D eigenvalue weighted by atomic mass is 32.2. The minimum atomic E-state index is -0.0329. The van der Waals surface area contributed by atoms with Gasteiger partial charge < -0.3 is 10.2 Å². The lowest BCUT2D eigenvalue weighted by Crippen LogP contribution is -2.30. The van der Waals surface area contributed by atoms with Crippen molar-refractivity contribution in [2.75, 3.05) is 29.1 Å². The first-order valence-electron chi connectivity index (χ1n) is 9.27. The minimum absolute atomic E-state index is 0.0329. The van der Waals surface area contributed by atoms with E-state index in [1.54, 1.807) is 6.33 Å². The van der Waals surface area contributed by atoms with Crippen LogP contribution in [0.2, 0.25) is 0 Å². The predicted octanol–water partition coefficient (Wildman–Crippen LogP) is 4.35. The first-order valence-corrected chi connectivity index (χ1v) is 10.3. The molecule has 1 aromatic heterocycles. The number of nitrogens with zero attached hydrogens (tertiary/aromatic N) is 3. The third-order valence-electron chi connectivity index (χ3n) is 4.72. The van der Waals surface area contributed by atoms with E-state index in [2.05, 4.69) is 20.2 Å². The third kappa shape index (κ3) is 4.39. The van der Waals surface area contributed by atoms with Crippen molar-refractivity contribution < 1.29 is 4.79 Å². The molecule has 4 rings (SSSR count). The van der Waals surface area contributed by atoms with Gasteiger partial charge >= 0.3 is 0 Å². The number of fused-ring (bicyclic) bond motifs is 1. The highest BCUT2D eigenvalue weighted by molar-refractivity contribution is 7.99. The molecule has 0 bridgehead atoms. The Kier molecular flexibility index (Phi) is 5.53. The van der Waals surface area contributed by atoms with Crippen LogP contribution in [0.3, 0.4) is 0 Å². The van der Waals surface area contributed by atoms with Crippen molar-refractivity contribution in [2.24, 2.45) is 0 Å². The highest BCUT2D eigenvalue weighted by Gasteiger charge is 2.13. The van der Waals surface area contributed by atoms with Gasteiger partial charge in [-0.1, -0.05) is 48.2 Å². The van der Waals surface area contributed by atoms with Gasteiger partial charge in [-0.3, -0.25) is 4.79 Å². The van der Waals surface area contributed by atoms with Gasteiger partial charge in [0, 0.05) is 30.2 Å². The Labute approximate surface area is 163 Å². The Morgan fingerprint density at radius 1 is 1.04 bits per heavy atom. The molecule has 5 nitrogen and oxygen atoms in total. The quantitative estimate of drug-likeness (QED) is 0.528. The van der Waals surface area contributed by atoms with Crippen LogP contribution in [-0.2, 0) is 4.79 Å². The number of nitrogens with one attached hydrogen (secondary N) is 1.